The molecular formula is C20H40N2O9. The third-order valence-electron chi connectivity index (χ3n) is 3.22. The van der Waals surface area contributed by atoms with Gasteiger partial charge in [-0.2, -0.15) is 0 Å². The zero-order valence-corrected chi connectivity index (χ0v) is 18.1. The summed E-state index contributed by atoms with van der Waals surface area (Å²) in [5.41, 5.74) is 0. The lowest BCUT2D eigenvalue weighted by Crippen LogP contribution is -2.31. The monoisotopic (exact) mass is 452 g/mol. The molecule has 31 heavy (non-hydrogen) atoms. The fourth-order valence-corrected chi connectivity index (χ4v) is 1.88. The quantitative estimate of drug-likeness (QED) is 0.210. The van der Waals surface area contributed by atoms with Crippen molar-refractivity contribution in [2.75, 3.05) is 92.4 Å². The van der Waals surface area contributed by atoms with Gasteiger partial charge in [0.25, 0.3) is 0 Å². The van der Waals surface area contributed by atoms with Gasteiger partial charge in [-0.25, -0.2) is 0 Å². The van der Waals surface area contributed by atoms with Gasteiger partial charge in [0, 0.05) is 20.0 Å². The van der Waals surface area contributed by atoms with Gasteiger partial charge in [0.15, 0.2) is 5.78 Å². The largest absolute Gasteiger partial charge is 0.377 e. The molecule has 2 N–H and O–H groups in total. The van der Waals surface area contributed by atoms with Gasteiger partial charge in [-0.05, 0) is 6.92 Å². The molecule has 11 heteroatoms. The Balaban J connectivity index is 0. The molecule has 0 fully saturated rings. The molecule has 0 aliphatic heterocycles. The second kappa shape index (κ2) is 24.6. The summed E-state index contributed by atoms with van der Waals surface area (Å²) in [6.07, 6.45) is 0. The first-order valence-electron chi connectivity index (χ1n) is 9.99. The molecule has 11 nitrogen and oxygen atoms in total. The van der Waals surface area contributed by atoms with Crippen LogP contribution in [0.1, 0.15) is 21.3 Å². The number of hydrogen-bond acceptors (Lipinski definition) is 9. The van der Waals surface area contributed by atoms with Crippen molar-refractivity contribution in [3.63, 3.8) is 0 Å². The lowest BCUT2D eigenvalue weighted by Gasteiger charge is -2.08. The highest BCUT2D eigenvalue weighted by atomic mass is 16.6. The summed E-state index contributed by atoms with van der Waals surface area (Å²) in [6.45, 7) is 8.03. The van der Waals surface area contributed by atoms with Gasteiger partial charge in [0.1, 0.15) is 13.2 Å². The van der Waals surface area contributed by atoms with Crippen LogP contribution >= 0.6 is 0 Å². The summed E-state index contributed by atoms with van der Waals surface area (Å²) in [7, 11) is 0. The van der Waals surface area contributed by atoms with Gasteiger partial charge in [0.05, 0.1) is 66.1 Å². The molecule has 2 amide bonds. The first kappa shape index (κ1) is 31.6. The Morgan fingerprint density at radius 1 is 0.548 bits per heavy atom. The summed E-state index contributed by atoms with van der Waals surface area (Å²) in [6, 6.07) is 0. The van der Waals surface area contributed by atoms with Crippen molar-refractivity contribution >= 4 is 17.6 Å². The summed E-state index contributed by atoms with van der Waals surface area (Å²) in [4.78, 5) is 32.6. The number of nitrogens with one attached hydrogen (secondary N) is 2. The lowest BCUT2D eigenvalue weighted by molar-refractivity contribution is -0.129. The van der Waals surface area contributed by atoms with Crippen LogP contribution in [0.5, 0.6) is 0 Å². The standard InChI is InChI=1S/C19H36N2O9.CH4/c1-17(22)15-30-16-19(24)21-4-6-26-8-10-28-12-14-29-13-11-27-9-7-25-5-3-20-18(2)23;/h3-16H2,1-2H3,(H,20,23)(H,21,24);1H4. The van der Waals surface area contributed by atoms with Gasteiger partial charge in [-0.3, -0.25) is 14.4 Å². The molecule has 0 aromatic carbocycles. The van der Waals surface area contributed by atoms with Gasteiger partial charge in [0.2, 0.25) is 11.8 Å². The number of carbonyl (C=O) groups is 3. The van der Waals surface area contributed by atoms with E-state index in [-0.39, 0.29) is 38.2 Å². The molecule has 0 bridgehead atoms. The van der Waals surface area contributed by atoms with Crippen molar-refractivity contribution < 1.29 is 42.8 Å². The van der Waals surface area contributed by atoms with E-state index in [4.69, 9.17) is 28.4 Å². The molecular weight excluding hydrogens is 412 g/mol. The molecule has 0 aromatic heterocycles. The maximum atomic E-state index is 11.3. The van der Waals surface area contributed by atoms with E-state index in [1.807, 2.05) is 0 Å². The molecule has 0 unspecified atom stereocenters. The Hall–Kier alpha value is -1.63. The van der Waals surface area contributed by atoms with Crippen molar-refractivity contribution in [2.45, 2.75) is 21.3 Å². The first-order chi connectivity index (χ1) is 14.5. The van der Waals surface area contributed by atoms with Crippen LogP contribution in [0.2, 0.25) is 0 Å². The summed E-state index contributed by atoms with van der Waals surface area (Å²) < 4.78 is 31.5. The third-order valence-corrected chi connectivity index (χ3v) is 3.22. The maximum absolute atomic E-state index is 11.3. The van der Waals surface area contributed by atoms with Gasteiger partial charge < -0.3 is 39.1 Å². The predicted molar refractivity (Wildman–Crippen MR) is 114 cm³/mol. The van der Waals surface area contributed by atoms with E-state index in [1.165, 1.54) is 13.8 Å². The lowest BCUT2D eigenvalue weighted by atomic mass is 10.5. The van der Waals surface area contributed by atoms with Gasteiger partial charge >= 0.3 is 0 Å². The fraction of sp³-hybridized carbons (Fsp3) is 0.850. The van der Waals surface area contributed by atoms with E-state index in [1.54, 1.807) is 0 Å². The van der Waals surface area contributed by atoms with E-state index < -0.39 is 0 Å². The number of Topliss-reactive ketones (excluding diaryl/α,β-unsaturated/α-hetero) is 1. The highest BCUT2D eigenvalue weighted by Crippen LogP contribution is 1.84. The minimum atomic E-state index is -0.285. The minimum absolute atomic E-state index is 0. The van der Waals surface area contributed by atoms with Crippen LogP contribution in [0, 0.1) is 0 Å². The summed E-state index contributed by atoms with van der Waals surface area (Å²) >= 11 is 0. The first-order valence-corrected chi connectivity index (χ1v) is 9.99. The molecule has 0 aliphatic rings. The SMILES string of the molecule is C.CC(=O)COCC(=O)NCCOCCOCCOCCOCCOCCNC(C)=O. The number of ketones is 1. The summed E-state index contributed by atoms with van der Waals surface area (Å²) in [5.74, 6) is -0.478. The van der Waals surface area contributed by atoms with Crippen molar-refractivity contribution in [1.29, 1.82) is 0 Å². The molecule has 0 saturated carbocycles. The maximum Gasteiger partial charge on any atom is 0.246 e. The van der Waals surface area contributed by atoms with Crippen molar-refractivity contribution in [1.82, 2.24) is 10.6 Å². The molecule has 0 aliphatic carbocycles. The molecule has 184 valence electrons. The Kier molecular flexibility index (Phi) is 25.1. The smallest absolute Gasteiger partial charge is 0.246 e. The Bertz CT molecular complexity index is 450. The normalized spacial score (nSPS) is 10.4. The van der Waals surface area contributed by atoms with Crippen molar-refractivity contribution in [3.8, 4) is 0 Å². The molecule has 0 saturated heterocycles. The van der Waals surface area contributed by atoms with Crippen molar-refractivity contribution in [2.24, 2.45) is 0 Å². The molecule has 0 aromatic rings. The number of rotatable bonds is 22. The van der Waals surface area contributed by atoms with E-state index >= 15 is 0 Å². The molecule has 0 atom stereocenters. The van der Waals surface area contributed by atoms with Crippen LogP contribution < -0.4 is 10.6 Å². The number of hydrogen-bond donors (Lipinski definition) is 2. The fourth-order valence-electron chi connectivity index (χ4n) is 1.88. The zero-order chi connectivity index (χ0) is 22.3. The molecule has 0 spiro atoms. The number of carbonyl (C=O) groups excluding carboxylic acids is 3. The summed E-state index contributed by atoms with van der Waals surface area (Å²) in [5, 5.41) is 5.26. The van der Waals surface area contributed by atoms with Crippen molar-refractivity contribution in [3.05, 3.63) is 0 Å². The zero-order valence-electron chi connectivity index (χ0n) is 18.1. The Morgan fingerprint density at radius 3 is 1.32 bits per heavy atom. The predicted octanol–water partition coefficient (Wildman–Crippen LogP) is -0.437. The van der Waals surface area contributed by atoms with E-state index in [9.17, 15) is 14.4 Å². The van der Waals surface area contributed by atoms with Crippen LogP contribution in [0.25, 0.3) is 0 Å². The van der Waals surface area contributed by atoms with Gasteiger partial charge in [-0.15, -0.1) is 0 Å². The number of amides is 2. The molecule has 0 rings (SSSR count). The molecule has 0 radical (unpaired) electrons. The van der Waals surface area contributed by atoms with Crippen LogP contribution in [-0.2, 0) is 42.8 Å². The van der Waals surface area contributed by atoms with Crippen LogP contribution in [0.4, 0.5) is 0 Å². The molecule has 0 heterocycles. The highest BCUT2D eigenvalue weighted by Gasteiger charge is 2.01. The van der Waals surface area contributed by atoms with E-state index in [0.717, 1.165) is 0 Å². The third kappa shape index (κ3) is 28.4. The van der Waals surface area contributed by atoms with E-state index in [0.29, 0.717) is 79.2 Å². The highest BCUT2D eigenvalue weighted by molar-refractivity contribution is 5.79. The Morgan fingerprint density at radius 2 is 0.935 bits per heavy atom. The van der Waals surface area contributed by atoms with Crippen LogP contribution in [0.3, 0.4) is 0 Å². The van der Waals surface area contributed by atoms with Gasteiger partial charge in [-0.1, -0.05) is 7.43 Å². The average molecular weight is 453 g/mol. The topological polar surface area (TPSA) is 131 Å². The Labute approximate surface area is 185 Å². The average Bonchev–Trinajstić information content (AvgIpc) is 2.69. The second-order valence-corrected chi connectivity index (χ2v) is 6.09. The van der Waals surface area contributed by atoms with Crippen LogP contribution in [-0.4, -0.2) is 110 Å². The number of ether oxygens (including phenoxy) is 6. The second-order valence-electron chi connectivity index (χ2n) is 6.09. The van der Waals surface area contributed by atoms with Crippen LogP contribution in [0.15, 0.2) is 0 Å². The van der Waals surface area contributed by atoms with E-state index in [2.05, 4.69) is 10.6 Å². The minimum Gasteiger partial charge on any atom is -0.377 e.